The number of rotatable bonds is 3. The summed E-state index contributed by atoms with van der Waals surface area (Å²) in [7, 11) is 0. The highest BCUT2D eigenvalue weighted by molar-refractivity contribution is 5.91. The maximum Gasteiger partial charge on any atom is 0.289 e. The lowest BCUT2D eigenvalue weighted by atomic mass is 10.0. The van der Waals surface area contributed by atoms with Gasteiger partial charge in [-0.3, -0.25) is 9.48 Å². The first-order valence-electron chi connectivity index (χ1n) is 7.93. The maximum atomic E-state index is 12.7. The quantitative estimate of drug-likeness (QED) is 0.875. The number of aryl methyl sites for hydroxylation is 3. The molecule has 1 amide bonds. The highest BCUT2D eigenvalue weighted by Crippen LogP contribution is 2.22. The smallest absolute Gasteiger partial charge is 0.289 e. The molecule has 1 fully saturated rings. The summed E-state index contributed by atoms with van der Waals surface area (Å²) in [5, 5.41) is 4.53. The molecule has 0 aromatic carbocycles. The zero-order valence-electron chi connectivity index (χ0n) is 13.5. The number of amides is 1. The Hall–Kier alpha value is -2.04. The minimum Gasteiger partial charge on any atom is -0.456 e. The Bertz CT molecular complexity index is 671. The minimum atomic E-state index is -0.000619. The van der Waals surface area contributed by atoms with Gasteiger partial charge in [0.25, 0.3) is 5.91 Å². The lowest BCUT2D eigenvalue weighted by molar-refractivity contribution is 0.0549. The molecule has 118 valence electrons. The first-order chi connectivity index (χ1) is 10.5. The van der Waals surface area contributed by atoms with Crippen LogP contribution in [0.5, 0.6) is 0 Å². The monoisotopic (exact) mass is 301 g/mol. The third kappa shape index (κ3) is 2.93. The molecule has 0 aliphatic carbocycles. The lowest BCUT2D eigenvalue weighted by Gasteiger charge is -2.35. The Morgan fingerprint density at radius 3 is 2.77 bits per heavy atom. The second-order valence-corrected chi connectivity index (χ2v) is 6.17. The fourth-order valence-corrected chi connectivity index (χ4v) is 3.21. The van der Waals surface area contributed by atoms with Gasteiger partial charge in [-0.05, 0) is 58.2 Å². The summed E-state index contributed by atoms with van der Waals surface area (Å²) >= 11 is 0. The number of aromatic nitrogens is 2. The van der Waals surface area contributed by atoms with E-state index in [4.69, 9.17) is 4.42 Å². The molecule has 0 unspecified atom stereocenters. The number of hydrogen-bond donors (Lipinski definition) is 0. The number of piperidine rings is 1. The predicted octanol–water partition coefficient (Wildman–Crippen LogP) is 3.10. The molecule has 1 atom stereocenters. The minimum absolute atomic E-state index is 0.000619. The van der Waals surface area contributed by atoms with Crippen LogP contribution in [0.1, 0.15) is 47.0 Å². The number of likely N-dealkylation sites (tertiary alicyclic amines) is 1. The van der Waals surface area contributed by atoms with E-state index in [9.17, 15) is 4.79 Å². The number of hydrogen-bond acceptors (Lipinski definition) is 3. The average Bonchev–Trinajstić information content (AvgIpc) is 3.05. The van der Waals surface area contributed by atoms with Crippen molar-refractivity contribution in [1.82, 2.24) is 14.7 Å². The maximum absolute atomic E-state index is 12.7. The number of carbonyl (C=O) groups excluding carboxylic acids is 1. The Morgan fingerprint density at radius 2 is 2.14 bits per heavy atom. The zero-order chi connectivity index (χ0) is 15.7. The second-order valence-electron chi connectivity index (χ2n) is 6.17. The summed E-state index contributed by atoms with van der Waals surface area (Å²) in [6, 6.07) is 5.87. The molecule has 2 aromatic heterocycles. The van der Waals surface area contributed by atoms with E-state index in [1.807, 2.05) is 29.5 Å². The van der Waals surface area contributed by atoms with Gasteiger partial charge in [0, 0.05) is 12.2 Å². The summed E-state index contributed by atoms with van der Waals surface area (Å²) in [5.74, 6) is 1.22. The molecule has 2 aromatic rings. The van der Waals surface area contributed by atoms with Crippen molar-refractivity contribution in [2.75, 3.05) is 6.54 Å². The topological polar surface area (TPSA) is 51.3 Å². The van der Waals surface area contributed by atoms with Gasteiger partial charge in [-0.25, -0.2) is 0 Å². The van der Waals surface area contributed by atoms with Crippen LogP contribution < -0.4 is 0 Å². The molecule has 22 heavy (non-hydrogen) atoms. The van der Waals surface area contributed by atoms with Gasteiger partial charge < -0.3 is 9.32 Å². The van der Waals surface area contributed by atoms with E-state index in [1.165, 1.54) is 0 Å². The third-order valence-electron chi connectivity index (χ3n) is 4.33. The van der Waals surface area contributed by atoms with Crippen LogP contribution in [0.25, 0.3) is 0 Å². The highest BCUT2D eigenvalue weighted by atomic mass is 16.3. The fraction of sp³-hybridized carbons (Fsp3) is 0.529. The second kappa shape index (κ2) is 5.99. The molecule has 0 saturated carbocycles. The molecule has 0 radical (unpaired) electrons. The van der Waals surface area contributed by atoms with Crippen molar-refractivity contribution < 1.29 is 9.21 Å². The van der Waals surface area contributed by atoms with Crippen molar-refractivity contribution in [3.8, 4) is 0 Å². The largest absolute Gasteiger partial charge is 0.456 e. The van der Waals surface area contributed by atoms with Crippen LogP contribution in [0.4, 0.5) is 0 Å². The molecule has 0 N–H and O–H groups in total. The van der Waals surface area contributed by atoms with Gasteiger partial charge in [-0.15, -0.1) is 0 Å². The third-order valence-corrected chi connectivity index (χ3v) is 4.33. The van der Waals surface area contributed by atoms with E-state index in [1.54, 1.807) is 6.07 Å². The first-order valence-corrected chi connectivity index (χ1v) is 7.93. The Morgan fingerprint density at radius 1 is 1.32 bits per heavy atom. The van der Waals surface area contributed by atoms with Gasteiger partial charge in [0.1, 0.15) is 5.76 Å². The standard InChI is InChI=1S/C17H23N3O2/c1-12-10-13(2)20(18-12)11-15-6-4-5-9-19(15)17(21)16-8-7-14(3)22-16/h7-8,10,15H,4-6,9,11H2,1-3H3/t15-/m0/s1. The van der Waals surface area contributed by atoms with E-state index in [0.717, 1.165) is 49.5 Å². The van der Waals surface area contributed by atoms with Gasteiger partial charge in [-0.1, -0.05) is 0 Å². The van der Waals surface area contributed by atoms with Crippen LogP contribution in [0, 0.1) is 20.8 Å². The van der Waals surface area contributed by atoms with E-state index < -0.39 is 0 Å². The summed E-state index contributed by atoms with van der Waals surface area (Å²) in [4.78, 5) is 14.7. The molecule has 1 saturated heterocycles. The molecular weight excluding hydrogens is 278 g/mol. The SMILES string of the molecule is Cc1cc(C)n(C[C@@H]2CCCCN2C(=O)c2ccc(C)o2)n1. The molecule has 5 nitrogen and oxygen atoms in total. The number of furan rings is 1. The first kappa shape index (κ1) is 14.9. The molecule has 3 rings (SSSR count). The van der Waals surface area contributed by atoms with Crippen molar-refractivity contribution in [1.29, 1.82) is 0 Å². The predicted molar refractivity (Wildman–Crippen MR) is 83.8 cm³/mol. The zero-order valence-corrected chi connectivity index (χ0v) is 13.5. The summed E-state index contributed by atoms with van der Waals surface area (Å²) in [5.41, 5.74) is 2.16. The molecule has 1 aliphatic heterocycles. The summed E-state index contributed by atoms with van der Waals surface area (Å²) < 4.78 is 7.52. The van der Waals surface area contributed by atoms with Crippen LogP contribution in [0.2, 0.25) is 0 Å². The van der Waals surface area contributed by atoms with E-state index in [0.29, 0.717) is 5.76 Å². The van der Waals surface area contributed by atoms with Crippen molar-refractivity contribution in [3.05, 3.63) is 41.1 Å². The van der Waals surface area contributed by atoms with Crippen LogP contribution in [0.15, 0.2) is 22.6 Å². The van der Waals surface area contributed by atoms with Crippen molar-refractivity contribution in [3.63, 3.8) is 0 Å². The molecule has 1 aliphatic rings. The Kier molecular flexibility index (Phi) is 4.05. The summed E-state index contributed by atoms with van der Waals surface area (Å²) in [6.07, 6.45) is 3.23. The molecule has 5 heteroatoms. The molecule has 0 bridgehead atoms. The lowest BCUT2D eigenvalue weighted by Crippen LogP contribution is -2.46. The van der Waals surface area contributed by atoms with Gasteiger partial charge in [0.2, 0.25) is 0 Å². The normalized spacial score (nSPS) is 18.7. The highest BCUT2D eigenvalue weighted by Gasteiger charge is 2.29. The van der Waals surface area contributed by atoms with Crippen molar-refractivity contribution in [2.45, 2.75) is 52.6 Å². The summed E-state index contributed by atoms with van der Waals surface area (Å²) in [6.45, 7) is 7.47. The van der Waals surface area contributed by atoms with Gasteiger partial charge >= 0.3 is 0 Å². The average molecular weight is 301 g/mol. The van der Waals surface area contributed by atoms with Gasteiger partial charge in [-0.2, -0.15) is 5.10 Å². The van der Waals surface area contributed by atoms with Crippen LogP contribution >= 0.6 is 0 Å². The van der Waals surface area contributed by atoms with Crippen molar-refractivity contribution >= 4 is 5.91 Å². The van der Waals surface area contributed by atoms with E-state index in [2.05, 4.69) is 18.1 Å². The van der Waals surface area contributed by atoms with E-state index >= 15 is 0 Å². The van der Waals surface area contributed by atoms with Crippen LogP contribution in [0.3, 0.4) is 0 Å². The Labute approximate surface area is 130 Å². The molecular formula is C17H23N3O2. The fourth-order valence-electron chi connectivity index (χ4n) is 3.21. The molecule has 0 spiro atoms. The molecule has 3 heterocycles. The van der Waals surface area contributed by atoms with E-state index in [-0.39, 0.29) is 11.9 Å². The van der Waals surface area contributed by atoms with Gasteiger partial charge in [0.15, 0.2) is 5.76 Å². The van der Waals surface area contributed by atoms with Crippen LogP contribution in [-0.4, -0.2) is 33.2 Å². The Balaban J connectivity index is 1.79. The number of carbonyl (C=O) groups is 1. The number of nitrogens with zero attached hydrogens (tertiary/aromatic N) is 3. The van der Waals surface area contributed by atoms with Crippen molar-refractivity contribution in [2.24, 2.45) is 0 Å². The van der Waals surface area contributed by atoms with Crippen LogP contribution in [-0.2, 0) is 6.54 Å². The van der Waals surface area contributed by atoms with Gasteiger partial charge in [0.05, 0.1) is 18.3 Å².